The first kappa shape index (κ1) is 17.8. The predicted octanol–water partition coefficient (Wildman–Crippen LogP) is 3.22. The first-order valence-electron chi connectivity index (χ1n) is 7.43. The molecule has 5 nitrogen and oxygen atoms in total. The minimum absolute atomic E-state index is 0.0455. The number of carboxylic acids is 1. The lowest BCUT2D eigenvalue weighted by molar-refractivity contribution is -0.136. The Morgan fingerprint density at radius 1 is 1.17 bits per heavy atom. The van der Waals surface area contributed by atoms with Gasteiger partial charge in [-0.15, -0.1) is 0 Å². The Balaban J connectivity index is 1.84. The van der Waals surface area contributed by atoms with E-state index in [2.05, 4.69) is 5.32 Å². The van der Waals surface area contributed by atoms with Gasteiger partial charge in [0.05, 0.1) is 12.5 Å². The largest absolute Gasteiger partial charge is 0.484 e. The second kappa shape index (κ2) is 8.36. The molecule has 2 aromatic rings. The van der Waals surface area contributed by atoms with E-state index in [9.17, 15) is 9.59 Å². The molecule has 24 heavy (non-hydrogen) atoms. The highest BCUT2D eigenvalue weighted by Gasteiger charge is 2.12. The number of carboxylic acid groups (broad SMARTS) is 1. The standard InChI is InChI=1S/C18H18ClNO4/c1-12(15-4-2-3-5-16(15)19)20-17(21)11-24-14-8-6-13(7-9-14)10-18(22)23/h2-9,12H,10-11H2,1H3,(H,20,21)(H,22,23)/t12-/m0/s1. The summed E-state index contributed by atoms with van der Waals surface area (Å²) in [4.78, 5) is 22.6. The Bertz CT molecular complexity index is 715. The summed E-state index contributed by atoms with van der Waals surface area (Å²) in [5.74, 6) is -0.654. The fourth-order valence-corrected chi connectivity index (χ4v) is 2.51. The molecular weight excluding hydrogens is 330 g/mol. The normalized spacial score (nSPS) is 11.6. The molecule has 2 rings (SSSR count). The van der Waals surface area contributed by atoms with E-state index in [4.69, 9.17) is 21.4 Å². The van der Waals surface area contributed by atoms with Crippen LogP contribution < -0.4 is 10.1 Å². The first-order chi connectivity index (χ1) is 11.5. The highest BCUT2D eigenvalue weighted by Crippen LogP contribution is 2.22. The van der Waals surface area contributed by atoms with Crippen molar-refractivity contribution in [3.05, 3.63) is 64.7 Å². The summed E-state index contributed by atoms with van der Waals surface area (Å²) < 4.78 is 5.40. The van der Waals surface area contributed by atoms with Gasteiger partial charge in [-0.2, -0.15) is 0 Å². The van der Waals surface area contributed by atoms with E-state index in [1.807, 2.05) is 25.1 Å². The van der Waals surface area contributed by atoms with Crippen molar-refractivity contribution in [3.8, 4) is 5.75 Å². The molecule has 2 aromatic carbocycles. The van der Waals surface area contributed by atoms with Gasteiger partial charge in [0.25, 0.3) is 5.91 Å². The van der Waals surface area contributed by atoms with Gasteiger partial charge in [-0.1, -0.05) is 41.9 Å². The highest BCUT2D eigenvalue weighted by atomic mass is 35.5. The maximum absolute atomic E-state index is 12.0. The van der Waals surface area contributed by atoms with Crippen LogP contribution in [0.2, 0.25) is 5.02 Å². The van der Waals surface area contributed by atoms with Crippen LogP contribution in [0.3, 0.4) is 0 Å². The number of carbonyl (C=O) groups is 2. The lowest BCUT2D eigenvalue weighted by Gasteiger charge is -2.16. The summed E-state index contributed by atoms with van der Waals surface area (Å²) in [5.41, 5.74) is 1.51. The zero-order valence-electron chi connectivity index (χ0n) is 13.2. The molecule has 1 atom stereocenters. The van der Waals surface area contributed by atoms with E-state index >= 15 is 0 Å². The Hall–Kier alpha value is -2.53. The molecule has 1 amide bonds. The van der Waals surface area contributed by atoms with Crippen molar-refractivity contribution in [2.24, 2.45) is 0 Å². The van der Waals surface area contributed by atoms with E-state index in [0.29, 0.717) is 16.3 Å². The summed E-state index contributed by atoms with van der Waals surface area (Å²) in [7, 11) is 0. The predicted molar refractivity (Wildman–Crippen MR) is 91.3 cm³/mol. The van der Waals surface area contributed by atoms with Crippen LogP contribution in [0, 0.1) is 0 Å². The van der Waals surface area contributed by atoms with Gasteiger partial charge in [-0.05, 0) is 36.2 Å². The number of halogens is 1. The maximum Gasteiger partial charge on any atom is 0.307 e. The minimum Gasteiger partial charge on any atom is -0.484 e. The van der Waals surface area contributed by atoms with Crippen molar-refractivity contribution in [3.63, 3.8) is 0 Å². The smallest absolute Gasteiger partial charge is 0.307 e. The van der Waals surface area contributed by atoms with Crippen molar-refractivity contribution >= 4 is 23.5 Å². The van der Waals surface area contributed by atoms with Gasteiger partial charge in [-0.25, -0.2) is 0 Å². The molecule has 0 aliphatic carbocycles. The topological polar surface area (TPSA) is 75.6 Å². The minimum atomic E-state index is -0.892. The zero-order chi connectivity index (χ0) is 17.5. The van der Waals surface area contributed by atoms with Crippen LogP contribution in [-0.4, -0.2) is 23.6 Å². The molecule has 0 heterocycles. The Kier molecular flexibility index (Phi) is 6.21. The monoisotopic (exact) mass is 347 g/mol. The van der Waals surface area contributed by atoms with E-state index in [1.165, 1.54) is 0 Å². The van der Waals surface area contributed by atoms with E-state index in [1.54, 1.807) is 30.3 Å². The lowest BCUT2D eigenvalue weighted by atomic mass is 10.1. The van der Waals surface area contributed by atoms with E-state index in [0.717, 1.165) is 5.56 Å². The van der Waals surface area contributed by atoms with Gasteiger partial charge in [0.1, 0.15) is 5.75 Å². The molecule has 0 aliphatic rings. The van der Waals surface area contributed by atoms with Crippen LogP contribution in [-0.2, 0) is 16.0 Å². The molecule has 2 N–H and O–H groups in total. The lowest BCUT2D eigenvalue weighted by Crippen LogP contribution is -2.31. The number of hydrogen-bond donors (Lipinski definition) is 2. The van der Waals surface area contributed by atoms with Crippen LogP contribution in [0.5, 0.6) is 5.75 Å². The number of rotatable bonds is 7. The van der Waals surface area contributed by atoms with Gasteiger partial charge < -0.3 is 15.2 Å². The van der Waals surface area contributed by atoms with Crippen molar-refractivity contribution in [1.82, 2.24) is 5.32 Å². The molecular formula is C18H18ClNO4. The van der Waals surface area contributed by atoms with Crippen LogP contribution in [0.25, 0.3) is 0 Å². The third-order valence-electron chi connectivity index (χ3n) is 3.40. The molecule has 0 saturated carbocycles. The average molecular weight is 348 g/mol. The Morgan fingerprint density at radius 2 is 1.83 bits per heavy atom. The van der Waals surface area contributed by atoms with Gasteiger partial charge >= 0.3 is 5.97 Å². The molecule has 126 valence electrons. The molecule has 0 bridgehead atoms. The molecule has 0 unspecified atom stereocenters. The Morgan fingerprint density at radius 3 is 2.46 bits per heavy atom. The van der Waals surface area contributed by atoms with Crippen LogP contribution in [0.15, 0.2) is 48.5 Å². The van der Waals surface area contributed by atoms with E-state index in [-0.39, 0.29) is 25.0 Å². The number of nitrogens with one attached hydrogen (secondary N) is 1. The number of ether oxygens (including phenoxy) is 1. The fourth-order valence-electron chi connectivity index (χ4n) is 2.21. The van der Waals surface area contributed by atoms with Crippen LogP contribution >= 0.6 is 11.6 Å². The summed E-state index contributed by atoms with van der Waals surface area (Å²) in [5, 5.41) is 12.1. The van der Waals surface area contributed by atoms with Crippen molar-refractivity contribution in [2.45, 2.75) is 19.4 Å². The van der Waals surface area contributed by atoms with Gasteiger partial charge in [0.2, 0.25) is 0 Å². The molecule has 0 saturated heterocycles. The SMILES string of the molecule is C[C@H](NC(=O)COc1ccc(CC(=O)O)cc1)c1ccccc1Cl. The summed E-state index contributed by atoms with van der Waals surface area (Å²) in [6, 6.07) is 13.7. The summed E-state index contributed by atoms with van der Waals surface area (Å²) in [6.07, 6.45) is -0.0455. The molecule has 0 aliphatic heterocycles. The number of amides is 1. The second-order valence-electron chi connectivity index (χ2n) is 5.31. The quantitative estimate of drug-likeness (QED) is 0.806. The van der Waals surface area contributed by atoms with Crippen molar-refractivity contribution in [1.29, 1.82) is 0 Å². The van der Waals surface area contributed by atoms with Crippen molar-refractivity contribution < 1.29 is 19.4 Å². The number of hydrogen-bond acceptors (Lipinski definition) is 3. The number of benzene rings is 2. The molecule has 6 heteroatoms. The number of carbonyl (C=O) groups excluding carboxylic acids is 1. The van der Waals surface area contributed by atoms with Gasteiger partial charge in [-0.3, -0.25) is 9.59 Å². The summed E-state index contributed by atoms with van der Waals surface area (Å²) >= 11 is 6.10. The fraction of sp³-hybridized carbons (Fsp3) is 0.222. The molecule has 0 aromatic heterocycles. The first-order valence-corrected chi connectivity index (χ1v) is 7.81. The molecule has 0 fully saturated rings. The molecule has 0 spiro atoms. The summed E-state index contributed by atoms with van der Waals surface area (Å²) in [6.45, 7) is 1.72. The van der Waals surface area contributed by atoms with Crippen LogP contribution in [0.1, 0.15) is 24.1 Å². The third-order valence-corrected chi connectivity index (χ3v) is 3.74. The van der Waals surface area contributed by atoms with Crippen molar-refractivity contribution in [2.75, 3.05) is 6.61 Å². The van der Waals surface area contributed by atoms with Gasteiger partial charge in [0, 0.05) is 5.02 Å². The van der Waals surface area contributed by atoms with Gasteiger partial charge in [0.15, 0.2) is 6.61 Å². The van der Waals surface area contributed by atoms with Crippen LogP contribution in [0.4, 0.5) is 0 Å². The molecule has 0 radical (unpaired) electrons. The zero-order valence-corrected chi connectivity index (χ0v) is 13.9. The Labute approximate surface area is 145 Å². The average Bonchev–Trinajstić information content (AvgIpc) is 2.54. The van der Waals surface area contributed by atoms with E-state index < -0.39 is 5.97 Å². The second-order valence-corrected chi connectivity index (χ2v) is 5.72. The maximum atomic E-state index is 12.0. The number of aliphatic carboxylic acids is 1. The highest BCUT2D eigenvalue weighted by molar-refractivity contribution is 6.31. The third kappa shape index (κ3) is 5.28.